The molecule has 1 aliphatic rings. The maximum atomic E-state index is 12.7. The van der Waals surface area contributed by atoms with Gasteiger partial charge in [-0.3, -0.25) is 4.79 Å². The summed E-state index contributed by atoms with van der Waals surface area (Å²) in [6.07, 6.45) is -4.05. The molecule has 1 aromatic carbocycles. The molecular weight excluding hydrogens is 279 g/mol. The molecule has 2 rings (SSSR count). The van der Waals surface area contributed by atoms with Crippen molar-refractivity contribution in [2.24, 2.45) is 5.92 Å². The molecule has 0 saturated carbocycles. The average molecular weight is 292 g/mol. The molecular formula is C13H13ClF3NO. The zero-order valence-corrected chi connectivity index (χ0v) is 11.1. The number of carbonyl (C=O) groups is 1. The largest absolute Gasteiger partial charge is 0.416 e. The third-order valence-corrected chi connectivity index (χ3v) is 3.61. The van der Waals surface area contributed by atoms with Gasteiger partial charge >= 0.3 is 6.18 Å². The van der Waals surface area contributed by atoms with E-state index in [1.165, 1.54) is 6.07 Å². The molecule has 0 N–H and O–H groups in total. The maximum absolute atomic E-state index is 12.7. The lowest BCUT2D eigenvalue weighted by Gasteiger charge is -2.32. The Morgan fingerprint density at radius 1 is 1.37 bits per heavy atom. The maximum Gasteiger partial charge on any atom is 0.416 e. The highest BCUT2D eigenvalue weighted by atomic mass is 35.5. The van der Waals surface area contributed by atoms with Crippen LogP contribution in [-0.2, 0) is 11.0 Å². The van der Waals surface area contributed by atoms with Crippen LogP contribution in [0.15, 0.2) is 18.2 Å². The molecule has 1 saturated heterocycles. The van der Waals surface area contributed by atoms with Crippen LogP contribution < -0.4 is 4.90 Å². The first-order valence-corrected chi connectivity index (χ1v) is 6.31. The Morgan fingerprint density at radius 3 is 2.63 bits per heavy atom. The number of carbonyl (C=O) groups excluding carboxylic acids is 1. The van der Waals surface area contributed by atoms with E-state index in [9.17, 15) is 18.0 Å². The number of ketones is 1. The number of piperidine rings is 1. The van der Waals surface area contributed by atoms with Crippen molar-refractivity contribution < 1.29 is 18.0 Å². The van der Waals surface area contributed by atoms with E-state index in [1.807, 2.05) is 0 Å². The van der Waals surface area contributed by atoms with Crippen LogP contribution in [0.5, 0.6) is 0 Å². The molecule has 104 valence electrons. The fourth-order valence-electron chi connectivity index (χ4n) is 2.17. The smallest absolute Gasteiger partial charge is 0.369 e. The standard InChI is InChI=1S/C13H13ClF3NO/c1-8-7-18(5-4-12(8)19)11-6-9(13(15,16)17)2-3-10(11)14/h2-3,6,8H,4-5,7H2,1H3. The highest BCUT2D eigenvalue weighted by Gasteiger charge is 2.32. The van der Waals surface area contributed by atoms with E-state index in [-0.39, 0.29) is 16.7 Å². The summed E-state index contributed by atoms with van der Waals surface area (Å²) in [5.74, 6) is -0.0429. The summed E-state index contributed by atoms with van der Waals surface area (Å²) in [7, 11) is 0. The lowest BCUT2D eigenvalue weighted by Crippen LogP contribution is -2.39. The van der Waals surface area contributed by atoms with Gasteiger partial charge in [-0.05, 0) is 18.2 Å². The second-order valence-corrected chi connectivity index (χ2v) is 5.13. The summed E-state index contributed by atoms with van der Waals surface area (Å²) < 4.78 is 38.1. The minimum atomic E-state index is -4.39. The fraction of sp³-hybridized carbons (Fsp3) is 0.462. The van der Waals surface area contributed by atoms with Crippen LogP contribution in [0.2, 0.25) is 5.02 Å². The monoisotopic (exact) mass is 291 g/mol. The highest BCUT2D eigenvalue weighted by molar-refractivity contribution is 6.33. The molecule has 0 radical (unpaired) electrons. The van der Waals surface area contributed by atoms with Crippen molar-refractivity contribution in [3.63, 3.8) is 0 Å². The Hall–Kier alpha value is -1.23. The number of rotatable bonds is 1. The molecule has 1 aliphatic heterocycles. The van der Waals surface area contributed by atoms with Crippen LogP contribution in [0.1, 0.15) is 18.9 Å². The second kappa shape index (κ2) is 5.04. The second-order valence-electron chi connectivity index (χ2n) is 4.73. The van der Waals surface area contributed by atoms with Crippen LogP contribution >= 0.6 is 11.6 Å². The van der Waals surface area contributed by atoms with Crippen LogP contribution in [0, 0.1) is 5.92 Å². The topological polar surface area (TPSA) is 20.3 Å². The summed E-state index contributed by atoms with van der Waals surface area (Å²) in [6, 6.07) is 3.26. The number of hydrogen-bond donors (Lipinski definition) is 0. The molecule has 1 heterocycles. The predicted octanol–water partition coefficient (Wildman–Crippen LogP) is 3.77. The Kier molecular flexibility index (Phi) is 3.76. The van der Waals surface area contributed by atoms with Crippen LogP contribution in [0.25, 0.3) is 0 Å². The average Bonchev–Trinajstić information content (AvgIpc) is 2.32. The molecule has 1 fully saturated rings. The molecule has 2 nitrogen and oxygen atoms in total. The van der Waals surface area contributed by atoms with Crippen molar-refractivity contribution in [3.05, 3.63) is 28.8 Å². The van der Waals surface area contributed by atoms with E-state index in [0.717, 1.165) is 12.1 Å². The summed E-state index contributed by atoms with van der Waals surface area (Å²) >= 11 is 5.97. The minimum Gasteiger partial charge on any atom is -0.369 e. The van der Waals surface area contributed by atoms with Crippen molar-refractivity contribution in [2.75, 3.05) is 18.0 Å². The van der Waals surface area contributed by atoms with Gasteiger partial charge in [-0.1, -0.05) is 18.5 Å². The van der Waals surface area contributed by atoms with E-state index < -0.39 is 11.7 Å². The molecule has 6 heteroatoms. The predicted molar refractivity (Wildman–Crippen MR) is 67.5 cm³/mol. The van der Waals surface area contributed by atoms with Crippen molar-refractivity contribution in [3.8, 4) is 0 Å². The lowest BCUT2D eigenvalue weighted by atomic mass is 9.98. The Morgan fingerprint density at radius 2 is 2.05 bits per heavy atom. The van der Waals surface area contributed by atoms with Crippen molar-refractivity contribution in [1.29, 1.82) is 0 Å². The SMILES string of the molecule is CC1CN(c2cc(C(F)(F)F)ccc2Cl)CCC1=O. The number of anilines is 1. The number of benzene rings is 1. The van der Waals surface area contributed by atoms with E-state index >= 15 is 0 Å². The zero-order chi connectivity index (χ0) is 14.2. The third-order valence-electron chi connectivity index (χ3n) is 3.29. The van der Waals surface area contributed by atoms with Crippen LogP contribution in [0.4, 0.5) is 18.9 Å². The number of Topliss-reactive ketones (excluding diaryl/α,β-unsaturated/α-hetero) is 1. The summed E-state index contributed by atoms with van der Waals surface area (Å²) in [4.78, 5) is 13.2. The number of nitrogens with zero attached hydrogens (tertiary/aromatic N) is 1. The lowest BCUT2D eigenvalue weighted by molar-refractivity contribution is -0.137. The van der Waals surface area contributed by atoms with Gasteiger partial charge in [0.05, 0.1) is 16.3 Å². The molecule has 0 amide bonds. The summed E-state index contributed by atoms with van der Waals surface area (Å²) in [6.45, 7) is 2.58. The number of hydrogen-bond acceptors (Lipinski definition) is 2. The fourth-order valence-corrected chi connectivity index (χ4v) is 2.40. The Bertz CT molecular complexity index is 501. The van der Waals surface area contributed by atoms with Gasteiger partial charge in [0.2, 0.25) is 0 Å². The molecule has 19 heavy (non-hydrogen) atoms. The first-order chi connectivity index (χ1) is 8.79. The minimum absolute atomic E-state index is 0.138. The number of alkyl halides is 3. The van der Waals surface area contributed by atoms with Gasteiger partial charge in [-0.25, -0.2) is 0 Å². The van der Waals surface area contributed by atoms with Crippen molar-refractivity contribution >= 4 is 23.1 Å². The zero-order valence-electron chi connectivity index (χ0n) is 10.3. The van der Waals surface area contributed by atoms with Gasteiger partial charge in [-0.15, -0.1) is 0 Å². The molecule has 1 atom stereocenters. The molecule has 0 aliphatic carbocycles. The van der Waals surface area contributed by atoms with Gasteiger partial charge in [0.25, 0.3) is 0 Å². The molecule has 0 spiro atoms. The number of halogens is 4. The normalized spacial score (nSPS) is 20.8. The molecule has 1 aromatic rings. The van der Waals surface area contributed by atoms with E-state index in [2.05, 4.69) is 0 Å². The quantitative estimate of drug-likeness (QED) is 0.785. The van der Waals surface area contributed by atoms with Crippen molar-refractivity contribution in [2.45, 2.75) is 19.5 Å². The Labute approximate surface area is 114 Å². The van der Waals surface area contributed by atoms with Gasteiger partial charge in [0, 0.05) is 25.4 Å². The first-order valence-electron chi connectivity index (χ1n) is 5.93. The Balaban J connectivity index is 2.31. The van der Waals surface area contributed by atoms with Crippen molar-refractivity contribution in [1.82, 2.24) is 0 Å². The van der Waals surface area contributed by atoms with Crippen LogP contribution in [-0.4, -0.2) is 18.9 Å². The highest BCUT2D eigenvalue weighted by Crippen LogP contribution is 2.36. The summed E-state index contributed by atoms with van der Waals surface area (Å²) in [5, 5.41) is 0.273. The molecule has 0 bridgehead atoms. The van der Waals surface area contributed by atoms with Gasteiger partial charge in [-0.2, -0.15) is 13.2 Å². The van der Waals surface area contributed by atoms with E-state index in [1.54, 1.807) is 11.8 Å². The van der Waals surface area contributed by atoms with E-state index in [0.29, 0.717) is 25.2 Å². The van der Waals surface area contributed by atoms with Gasteiger partial charge in [0.1, 0.15) is 5.78 Å². The molecule has 0 aromatic heterocycles. The summed E-state index contributed by atoms with van der Waals surface area (Å²) in [5.41, 5.74) is -0.382. The molecule has 1 unspecified atom stereocenters. The van der Waals surface area contributed by atoms with Gasteiger partial charge < -0.3 is 4.90 Å². The van der Waals surface area contributed by atoms with Crippen LogP contribution in [0.3, 0.4) is 0 Å². The third kappa shape index (κ3) is 3.03. The van der Waals surface area contributed by atoms with Gasteiger partial charge in [0.15, 0.2) is 0 Å². The first kappa shape index (κ1) is 14.2. The van der Waals surface area contributed by atoms with E-state index in [4.69, 9.17) is 11.6 Å².